The van der Waals surface area contributed by atoms with Crippen molar-refractivity contribution < 1.29 is 10.4 Å². The summed E-state index contributed by atoms with van der Waals surface area (Å²) in [7, 11) is 0. The van der Waals surface area contributed by atoms with Gasteiger partial charge in [-0.1, -0.05) is 0 Å². The zero-order valence-corrected chi connectivity index (χ0v) is 11.7. The van der Waals surface area contributed by atoms with Gasteiger partial charge in [-0.25, -0.2) is 10.1 Å². The summed E-state index contributed by atoms with van der Waals surface area (Å²) in [5.74, 6) is 0.329. The van der Waals surface area contributed by atoms with Crippen molar-refractivity contribution >= 4 is 23.6 Å². The number of hydroxylamine groups is 4. The lowest BCUT2D eigenvalue weighted by Gasteiger charge is -2.26. The quantitative estimate of drug-likeness (QED) is 0.467. The van der Waals surface area contributed by atoms with Gasteiger partial charge < -0.3 is 11.5 Å². The van der Waals surface area contributed by atoms with Crippen molar-refractivity contribution in [3.8, 4) is 0 Å². The van der Waals surface area contributed by atoms with Gasteiger partial charge in [-0.2, -0.15) is 9.98 Å². The van der Waals surface area contributed by atoms with Crippen LogP contribution in [0.15, 0.2) is 20.2 Å². The first kappa shape index (κ1) is 14.2. The smallest absolute Gasteiger partial charge is 0.223 e. The molecule has 0 atom stereocenters. The largest absolute Gasteiger partial charge is 0.368 e. The van der Waals surface area contributed by atoms with E-state index in [4.69, 9.17) is 11.5 Å². The molecule has 6 N–H and O–H groups in total. The molecule has 110 valence electrons. The molecule has 10 nitrogen and oxygen atoms in total. The van der Waals surface area contributed by atoms with Crippen LogP contribution in [0.1, 0.15) is 27.7 Å². The molecule has 20 heavy (non-hydrogen) atoms. The highest BCUT2D eigenvalue weighted by Crippen LogP contribution is 2.24. The van der Waals surface area contributed by atoms with Gasteiger partial charge in [0.25, 0.3) is 0 Å². The minimum absolute atomic E-state index is 0.0635. The van der Waals surface area contributed by atoms with Crippen LogP contribution in [0.25, 0.3) is 0 Å². The number of guanidine groups is 2. The maximum Gasteiger partial charge on any atom is 0.223 e. The average Bonchev–Trinajstić information content (AvgIpc) is 2.67. The third kappa shape index (κ3) is 1.89. The molecule has 0 amide bonds. The molecule has 0 spiro atoms. The van der Waals surface area contributed by atoms with Gasteiger partial charge in [-0.05, 0) is 27.7 Å². The summed E-state index contributed by atoms with van der Waals surface area (Å²) >= 11 is 0. The van der Waals surface area contributed by atoms with Crippen molar-refractivity contribution in [3.63, 3.8) is 0 Å². The summed E-state index contributed by atoms with van der Waals surface area (Å²) < 4.78 is 0. The predicted octanol–water partition coefficient (Wildman–Crippen LogP) is -0.705. The Labute approximate surface area is 115 Å². The lowest BCUT2D eigenvalue weighted by Crippen LogP contribution is -2.47. The van der Waals surface area contributed by atoms with Gasteiger partial charge in [-0.15, -0.1) is 10.2 Å². The standard InChI is InChI=1S/C10H18N8O2/c1-9(2)5(13-7(11)17(9)19)15-16-6-10(3,4)18(20)8(12)14-6/h19-20H,1-4H3,(H2,11,13,15)(H2,12,14,16). The Morgan fingerprint density at radius 2 is 1.15 bits per heavy atom. The van der Waals surface area contributed by atoms with Crippen molar-refractivity contribution in [2.24, 2.45) is 31.7 Å². The molecule has 10 heteroatoms. The molecule has 0 aromatic rings. The van der Waals surface area contributed by atoms with E-state index in [2.05, 4.69) is 20.2 Å². The number of rotatable bonds is 1. The summed E-state index contributed by atoms with van der Waals surface area (Å²) in [5.41, 5.74) is 9.26. The van der Waals surface area contributed by atoms with Crippen molar-refractivity contribution in [1.29, 1.82) is 0 Å². The molecule has 2 aliphatic rings. The first-order valence-electron chi connectivity index (χ1n) is 5.91. The van der Waals surface area contributed by atoms with Crippen LogP contribution in [-0.2, 0) is 0 Å². The van der Waals surface area contributed by atoms with Crippen LogP contribution in [0.5, 0.6) is 0 Å². The van der Waals surface area contributed by atoms with Crippen molar-refractivity contribution in [3.05, 3.63) is 0 Å². The highest BCUT2D eigenvalue weighted by Gasteiger charge is 2.42. The van der Waals surface area contributed by atoms with Crippen LogP contribution in [0, 0.1) is 0 Å². The van der Waals surface area contributed by atoms with E-state index in [1.165, 1.54) is 0 Å². The Hall–Kier alpha value is -2.20. The zero-order chi connectivity index (χ0) is 15.3. The Balaban J connectivity index is 2.37. The number of nitrogens with two attached hydrogens (primary N) is 2. The lowest BCUT2D eigenvalue weighted by atomic mass is 10.1. The van der Waals surface area contributed by atoms with Crippen molar-refractivity contribution in [2.45, 2.75) is 38.8 Å². The molecular weight excluding hydrogens is 264 g/mol. The molecule has 2 heterocycles. The van der Waals surface area contributed by atoms with Gasteiger partial charge in [0.05, 0.1) is 0 Å². The van der Waals surface area contributed by atoms with E-state index in [-0.39, 0.29) is 23.6 Å². The van der Waals surface area contributed by atoms with E-state index < -0.39 is 11.1 Å². The number of amidine groups is 2. The third-order valence-electron chi connectivity index (χ3n) is 3.27. The topological polar surface area (TPSA) is 148 Å². The van der Waals surface area contributed by atoms with Gasteiger partial charge in [0.15, 0.2) is 11.7 Å². The van der Waals surface area contributed by atoms with E-state index in [1.807, 2.05) is 0 Å². The molecule has 0 unspecified atom stereocenters. The Morgan fingerprint density at radius 3 is 1.35 bits per heavy atom. The molecular formula is C10H18N8O2. The third-order valence-corrected chi connectivity index (χ3v) is 3.27. The molecule has 0 radical (unpaired) electrons. The summed E-state index contributed by atoms with van der Waals surface area (Å²) in [6, 6.07) is 0. The lowest BCUT2D eigenvalue weighted by molar-refractivity contribution is -0.0610. The second-order valence-electron chi connectivity index (χ2n) is 5.53. The second kappa shape index (κ2) is 4.15. The van der Waals surface area contributed by atoms with Crippen molar-refractivity contribution in [2.75, 3.05) is 0 Å². The van der Waals surface area contributed by atoms with Gasteiger partial charge >= 0.3 is 0 Å². The number of hydrogen-bond donors (Lipinski definition) is 4. The zero-order valence-electron chi connectivity index (χ0n) is 11.7. The van der Waals surface area contributed by atoms with E-state index >= 15 is 0 Å². The van der Waals surface area contributed by atoms with E-state index in [0.717, 1.165) is 10.1 Å². The molecule has 2 aliphatic heterocycles. The molecule has 0 aliphatic carbocycles. The Bertz CT molecular complexity index is 510. The fourth-order valence-corrected chi connectivity index (χ4v) is 1.73. The molecule has 0 aromatic heterocycles. The van der Waals surface area contributed by atoms with E-state index in [1.54, 1.807) is 27.7 Å². The Kier molecular flexibility index (Phi) is 2.95. The normalized spacial score (nSPS) is 28.3. The van der Waals surface area contributed by atoms with E-state index in [9.17, 15) is 10.4 Å². The number of hydrogen-bond acceptors (Lipinski definition) is 8. The maximum absolute atomic E-state index is 9.73. The number of aliphatic imine (C=N–C) groups is 2. The molecule has 0 aromatic carbocycles. The van der Waals surface area contributed by atoms with Crippen LogP contribution < -0.4 is 11.5 Å². The fourth-order valence-electron chi connectivity index (χ4n) is 1.73. The number of nitrogens with zero attached hydrogens (tertiary/aromatic N) is 6. The van der Waals surface area contributed by atoms with Crippen LogP contribution >= 0.6 is 0 Å². The van der Waals surface area contributed by atoms with Gasteiger partial charge in [0, 0.05) is 0 Å². The molecule has 0 bridgehead atoms. The summed E-state index contributed by atoms with van der Waals surface area (Å²) in [6.45, 7) is 6.74. The maximum atomic E-state index is 9.73. The first-order valence-corrected chi connectivity index (χ1v) is 5.91. The molecule has 0 saturated heterocycles. The second-order valence-corrected chi connectivity index (χ2v) is 5.53. The highest BCUT2D eigenvalue weighted by atomic mass is 16.5. The highest BCUT2D eigenvalue weighted by molar-refractivity contribution is 6.09. The predicted molar refractivity (Wildman–Crippen MR) is 73.5 cm³/mol. The van der Waals surface area contributed by atoms with Gasteiger partial charge in [0.2, 0.25) is 11.9 Å². The van der Waals surface area contributed by atoms with E-state index in [0.29, 0.717) is 0 Å². The summed E-state index contributed by atoms with van der Waals surface area (Å²) in [4.78, 5) is 7.85. The summed E-state index contributed by atoms with van der Waals surface area (Å²) in [5, 5.41) is 29.0. The molecule has 2 rings (SSSR count). The minimum atomic E-state index is -0.898. The monoisotopic (exact) mass is 282 g/mol. The molecule has 0 saturated carbocycles. The SMILES string of the molecule is CC1(C)/C(=N\N=C2\N=C(N)N(O)C2(C)C)N=C(N)N1O. The Morgan fingerprint density at radius 1 is 0.850 bits per heavy atom. The van der Waals surface area contributed by atoms with Crippen LogP contribution in [0.3, 0.4) is 0 Å². The minimum Gasteiger partial charge on any atom is -0.368 e. The fraction of sp³-hybridized carbons (Fsp3) is 0.600. The first-order chi connectivity index (χ1) is 9.08. The van der Waals surface area contributed by atoms with Crippen LogP contribution in [0.2, 0.25) is 0 Å². The van der Waals surface area contributed by atoms with Crippen LogP contribution in [0.4, 0.5) is 0 Å². The van der Waals surface area contributed by atoms with Gasteiger partial charge in [0.1, 0.15) is 11.1 Å². The van der Waals surface area contributed by atoms with Crippen LogP contribution in [-0.4, -0.2) is 55.2 Å². The van der Waals surface area contributed by atoms with Crippen molar-refractivity contribution in [1.82, 2.24) is 10.1 Å². The van der Waals surface area contributed by atoms with Gasteiger partial charge in [-0.3, -0.25) is 10.4 Å². The molecule has 0 fully saturated rings. The summed E-state index contributed by atoms with van der Waals surface area (Å²) in [6.07, 6.45) is 0. The average molecular weight is 282 g/mol.